The zero-order valence-corrected chi connectivity index (χ0v) is 17.2. The summed E-state index contributed by atoms with van der Waals surface area (Å²) in [4.78, 5) is 17.4. The summed E-state index contributed by atoms with van der Waals surface area (Å²) in [5.74, 6) is 1.39. The van der Waals surface area contributed by atoms with Gasteiger partial charge in [0.15, 0.2) is 18.1 Å². The van der Waals surface area contributed by atoms with Crippen LogP contribution in [-0.4, -0.2) is 29.0 Å². The van der Waals surface area contributed by atoms with Crippen molar-refractivity contribution in [2.75, 3.05) is 19.0 Å². The molecule has 4 aromatic rings. The van der Waals surface area contributed by atoms with E-state index >= 15 is 0 Å². The molecule has 2 aromatic carbocycles. The summed E-state index contributed by atoms with van der Waals surface area (Å²) in [6.07, 6.45) is 4.42. The van der Waals surface area contributed by atoms with Gasteiger partial charge in [-0.15, -0.1) is 6.58 Å². The maximum Gasteiger partial charge on any atom is 0.263 e. The van der Waals surface area contributed by atoms with Crippen molar-refractivity contribution in [3.05, 3.63) is 91.1 Å². The molecule has 0 saturated carbocycles. The summed E-state index contributed by atoms with van der Waals surface area (Å²) >= 11 is 0. The number of ether oxygens (including phenoxy) is 2. The van der Waals surface area contributed by atoms with Crippen molar-refractivity contribution in [1.82, 2.24) is 9.38 Å². The van der Waals surface area contributed by atoms with Gasteiger partial charge in [0.2, 0.25) is 0 Å². The number of nitrogens with zero attached hydrogens (tertiary/aromatic N) is 2. The first-order valence-electron chi connectivity index (χ1n) is 9.92. The molecule has 0 aliphatic carbocycles. The van der Waals surface area contributed by atoms with E-state index in [1.165, 1.54) is 0 Å². The van der Waals surface area contributed by atoms with Gasteiger partial charge in [-0.1, -0.05) is 48.5 Å². The van der Waals surface area contributed by atoms with Crippen LogP contribution in [-0.2, 0) is 11.2 Å². The zero-order chi connectivity index (χ0) is 21.6. The molecule has 0 unspecified atom stereocenters. The lowest BCUT2D eigenvalue weighted by molar-refractivity contribution is -0.118. The van der Waals surface area contributed by atoms with Crippen LogP contribution in [0.5, 0.6) is 11.5 Å². The molecule has 0 saturated heterocycles. The normalized spacial score (nSPS) is 10.6. The number of carbonyl (C=O) groups is 1. The number of aromatic nitrogens is 2. The topological polar surface area (TPSA) is 64.9 Å². The van der Waals surface area contributed by atoms with E-state index in [9.17, 15) is 4.79 Å². The predicted molar refractivity (Wildman–Crippen MR) is 122 cm³/mol. The van der Waals surface area contributed by atoms with E-state index in [-0.39, 0.29) is 12.5 Å². The number of fused-ring (bicyclic) bond motifs is 1. The Balaban J connectivity index is 1.55. The Hall–Kier alpha value is -4.06. The monoisotopic (exact) mass is 413 g/mol. The third-order valence-electron chi connectivity index (χ3n) is 4.80. The molecule has 0 aliphatic rings. The number of nitrogens with one attached hydrogen (secondary N) is 1. The second-order valence-corrected chi connectivity index (χ2v) is 6.92. The summed E-state index contributed by atoms with van der Waals surface area (Å²) in [5, 5.41) is 2.95. The molecule has 31 heavy (non-hydrogen) atoms. The Morgan fingerprint density at radius 2 is 1.90 bits per heavy atom. The highest BCUT2D eigenvalue weighted by atomic mass is 16.5. The minimum absolute atomic E-state index is 0.161. The van der Waals surface area contributed by atoms with Crippen LogP contribution in [0.1, 0.15) is 5.56 Å². The van der Waals surface area contributed by atoms with Crippen molar-refractivity contribution in [1.29, 1.82) is 0 Å². The largest absolute Gasteiger partial charge is 0.493 e. The molecule has 0 spiro atoms. The summed E-state index contributed by atoms with van der Waals surface area (Å²) in [7, 11) is 1.57. The van der Waals surface area contributed by atoms with Crippen molar-refractivity contribution in [2.45, 2.75) is 6.42 Å². The van der Waals surface area contributed by atoms with Crippen LogP contribution in [0, 0.1) is 0 Å². The van der Waals surface area contributed by atoms with Crippen LogP contribution in [0.15, 0.2) is 85.6 Å². The van der Waals surface area contributed by atoms with Crippen molar-refractivity contribution >= 4 is 17.4 Å². The van der Waals surface area contributed by atoms with E-state index in [0.717, 1.165) is 23.2 Å². The van der Waals surface area contributed by atoms with Crippen LogP contribution >= 0.6 is 0 Å². The van der Waals surface area contributed by atoms with Crippen LogP contribution < -0.4 is 14.8 Å². The van der Waals surface area contributed by atoms with Gasteiger partial charge in [0.25, 0.3) is 5.91 Å². The quantitative estimate of drug-likeness (QED) is 0.423. The number of hydrogen-bond acceptors (Lipinski definition) is 4. The first kappa shape index (κ1) is 20.2. The van der Waals surface area contributed by atoms with E-state index in [0.29, 0.717) is 23.0 Å². The van der Waals surface area contributed by atoms with Crippen molar-refractivity contribution in [3.63, 3.8) is 0 Å². The highest BCUT2D eigenvalue weighted by Crippen LogP contribution is 2.30. The first-order valence-corrected chi connectivity index (χ1v) is 9.92. The maximum absolute atomic E-state index is 12.7. The smallest absolute Gasteiger partial charge is 0.263 e. The molecule has 0 radical (unpaired) electrons. The number of imidazole rings is 1. The van der Waals surface area contributed by atoms with Gasteiger partial charge in [0, 0.05) is 11.8 Å². The molecule has 1 amide bonds. The van der Waals surface area contributed by atoms with Gasteiger partial charge in [-0.25, -0.2) is 4.98 Å². The number of hydrogen-bond donors (Lipinski definition) is 1. The van der Waals surface area contributed by atoms with E-state index in [1.54, 1.807) is 13.2 Å². The molecule has 2 aromatic heterocycles. The summed E-state index contributed by atoms with van der Waals surface area (Å²) in [5.41, 5.74) is 3.42. The highest BCUT2D eigenvalue weighted by molar-refractivity contribution is 5.95. The third-order valence-corrected chi connectivity index (χ3v) is 4.80. The fourth-order valence-electron chi connectivity index (χ4n) is 3.35. The third kappa shape index (κ3) is 4.43. The Morgan fingerprint density at radius 3 is 2.68 bits per heavy atom. The van der Waals surface area contributed by atoms with Gasteiger partial charge >= 0.3 is 0 Å². The van der Waals surface area contributed by atoms with Crippen molar-refractivity contribution < 1.29 is 14.3 Å². The molecule has 6 heteroatoms. The number of amides is 1. The number of rotatable bonds is 8. The lowest BCUT2D eigenvalue weighted by Gasteiger charge is -2.12. The van der Waals surface area contributed by atoms with Crippen LogP contribution in [0.2, 0.25) is 0 Å². The fraction of sp³-hybridized carbons (Fsp3) is 0.120. The lowest BCUT2D eigenvalue weighted by Crippen LogP contribution is -2.21. The molecule has 2 heterocycles. The maximum atomic E-state index is 12.7. The second-order valence-electron chi connectivity index (χ2n) is 6.92. The summed E-state index contributed by atoms with van der Waals surface area (Å²) < 4.78 is 13.0. The minimum Gasteiger partial charge on any atom is -0.493 e. The van der Waals surface area contributed by atoms with Crippen molar-refractivity contribution in [2.24, 2.45) is 0 Å². The first-order chi connectivity index (χ1) is 15.2. The van der Waals surface area contributed by atoms with E-state index in [2.05, 4.69) is 16.9 Å². The predicted octanol–water partition coefficient (Wildman–Crippen LogP) is 4.76. The Kier molecular flexibility index (Phi) is 5.98. The molecule has 1 N–H and O–H groups in total. The zero-order valence-electron chi connectivity index (χ0n) is 17.2. The molecule has 6 nitrogen and oxygen atoms in total. The van der Waals surface area contributed by atoms with Gasteiger partial charge in [-0.2, -0.15) is 0 Å². The minimum atomic E-state index is -0.292. The number of pyridine rings is 1. The molecular formula is C25H23N3O3. The van der Waals surface area contributed by atoms with Gasteiger partial charge in [0.05, 0.1) is 7.11 Å². The molecule has 0 fully saturated rings. The standard InChI is InChI=1S/C25H23N3O3/c1-3-9-18-13-14-20(21(16-18)30-2)31-17-23(29)27-25-24(19-10-5-4-6-11-19)26-22-12-7-8-15-28(22)25/h3-8,10-16H,1,9,17H2,2H3,(H,27,29). The Labute approximate surface area is 180 Å². The van der Waals surface area contributed by atoms with E-state index < -0.39 is 0 Å². The number of benzene rings is 2. The second kappa shape index (κ2) is 9.17. The number of carbonyl (C=O) groups excluding carboxylic acids is 1. The van der Waals surface area contributed by atoms with E-state index in [1.807, 2.05) is 77.3 Å². The molecular weight excluding hydrogens is 390 g/mol. The summed E-state index contributed by atoms with van der Waals surface area (Å²) in [6.45, 7) is 3.59. The van der Waals surface area contributed by atoms with Crippen LogP contribution in [0.4, 0.5) is 5.82 Å². The summed E-state index contributed by atoms with van der Waals surface area (Å²) in [6, 6.07) is 21.1. The van der Waals surface area contributed by atoms with Crippen LogP contribution in [0.3, 0.4) is 0 Å². The Morgan fingerprint density at radius 1 is 1.10 bits per heavy atom. The van der Waals surface area contributed by atoms with Crippen molar-refractivity contribution in [3.8, 4) is 22.8 Å². The average Bonchev–Trinajstić information content (AvgIpc) is 3.17. The highest BCUT2D eigenvalue weighted by Gasteiger charge is 2.17. The van der Waals surface area contributed by atoms with Gasteiger partial charge in [-0.05, 0) is 36.2 Å². The van der Waals surface area contributed by atoms with Gasteiger partial charge in [-0.3, -0.25) is 9.20 Å². The molecule has 0 atom stereocenters. The average molecular weight is 413 g/mol. The lowest BCUT2D eigenvalue weighted by atomic mass is 10.1. The molecule has 4 rings (SSSR count). The van der Waals surface area contributed by atoms with Gasteiger partial charge < -0.3 is 14.8 Å². The van der Waals surface area contributed by atoms with E-state index in [4.69, 9.17) is 9.47 Å². The van der Waals surface area contributed by atoms with Gasteiger partial charge in [0.1, 0.15) is 17.2 Å². The molecule has 0 bridgehead atoms. The number of methoxy groups -OCH3 is 1. The SMILES string of the molecule is C=CCc1ccc(OCC(=O)Nc2c(-c3ccccc3)nc3ccccn23)c(OC)c1. The number of anilines is 1. The Bertz CT molecular complexity index is 1220. The fourth-order valence-corrected chi connectivity index (χ4v) is 3.35. The number of allylic oxidation sites excluding steroid dienone is 1. The molecule has 0 aliphatic heterocycles. The molecule has 156 valence electrons. The van der Waals surface area contributed by atoms with Crippen LogP contribution in [0.25, 0.3) is 16.9 Å².